The van der Waals surface area contributed by atoms with Gasteiger partial charge in [0.1, 0.15) is 5.75 Å². The minimum Gasteiger partial charge on any atom is -0.508 e. The molecule has 0 radical (unpaired) electrons. The number of phenolic OH excluding ortho intramolecular Hbond substituents is 1. The summed E-state index contributed by atoms with van der Waals surface area (Å²) in [6.45, 7) is 5.63. The molecule has 0 atom stereocenters. The minimum absolute atomic E-state index is 0.0712. The molecule has 1 aromatic heterocycles. The predicted molar refractivity (Wildman–Crippen MR) is 72.0 cm³/mol. The third kappa shape index (κ3) is 1.98. The maximum absolute atomic E-state index is 12.2. The number of allylic oxidation sites excluding steroid dienone is 2. The van der Waals surface area contributed by atoms with Crippen LogP contribution in [-0.2, 0) is 0 Å². The van der Waals surface area contributed by atoms with E-state index < -0.39 is 0 Å². The molecule has 3 heteroatoms. The molecule has 0 fully saturated rings. The van der Waals surface area contributed by atoms with Crippen molar-refractivity contribution in [2.24, 2.45) is 0 Å². The van der Waals surface area contributed by atoms with Gasteiger partial charge in [-0.2, -0.15) is 0 Å². The van der Waals surface area contributed by atoms with Crippen molar-refractivity contribution < 1.29 is 9.90 Å². The third-order valence-corrected chi connectivity index (χ3v) is 3.94. The Kier molecular flexibility index (Phi) is 3.03. The van der Waals surface area contributed by atoms with Gasteiger partial charge in [-0.1, -0.05) is 6.08 Å². The number of hydrogen-bond donors (Lipinski definition) is 1. The highest BCUT2D eigenvalue weighted by Crippen LogP contribution is 2.34. The molecule has 0 bridgehead atoms. The van der Waals surface area contributed by atoms with Crippen LogP contribution in [0.3, 0.4) is 0 Å². The van der Waals surface area contributed by atoms with Crippen molar-refractivity contribution >= 4 is 27.2 Å². The highest BCUT2D eigenvalue weighted by molar-refractivity contribution is 7.19. The molecule has 2 rings (SSSR count). The SMILES string of the molecule is CC=C(C)C(=O)c1c(C)sc2cc(O)ccc12. The lowest BCUT2D eigenvalue weighted by molar-refractivity contribution is 0.103. The highest BCUT2D eigenvalue weighted by atomic mass is 32.1. The normalized spacial score (nSPS) is 12.1. The lowest BCUT2D eigenvalue weighted by Crippen LogP contribution is -2.00. The third-order valence-electron chi connectivity index (χ3n) is 2.87. The van der Waals surface area contributed by atoms with E-state index in [-0.39, 0.29) is 11.5 Å². The Morgan fingerprint density at radius 1 is 1.41 bits per heavy atom. The van der Waals surface area contributed by atoms with Crippen LogP contribution in [-0.4, -0.2) is 10.9 Å². The van der Waals surface area contributed by atoms with E-state index in [0.717, 1.165) is 26.1 Å². The molecule has 0 aliphatic rings. The van der Waals surface area contributed by atoms with Gasteiger partial charge in [0.15, 0.2) is 5.78 Å². The van der Waals surface area contributed by atoms with Gasteiger partial charge in [0.2, 0.25) is 0 Å². The first-order chi connectivity index (χ1) is 8.04. The second-order valence-corrected chi connectivity index (χ2v) is 5.27. The van der Waals surface area contributed by atoms with Crippen LogP contribution in [0.5, 0.6) is 5.75 Å². The van der Waals surface area contributed by atoms with Gasteiger partial charge in [-0.25, -0.2) is 0 Å². The average molecular weight is 246 g/mol. The number of fused-ring (bicyclic) bond motifs is 1. The number of hydrogen-bond acceptors (Lipinski definition) is 3. The van der Waals surface area contributed by atoms with Gasteiger partial charge in [0, 0.05) is 20.5 Å². The molecule has 0 unspecified atom stereocenters. The van der Waals surface area contributed by atoms with E-state index in [1.54, 1.807) is 23.5 Å². The number of thiophene rings is 1. The Hall–Kier alpha value is -1.61. The van der Waals surface area contributed by atoms with E-state index in [1.807, 2.05) is 32.9 Å². The van der Waals surface area contributed by atoms with Crippen molar-refractivity contribution in [3.63, 3.8) is 0 Å². The zero-order valence-electron chi connectivity index (χ0n) is 10.1. The second kappa shape index (κ2) is 4.34. The van der Waals surface area contributed by atoms with Crippen LogP contribution in [0.1, 0.15) is 29.1 Å². The summed E-state index contributed by atoms with van der Waals surface area (Å²) in [7, 11) is 0. The number of carbonyl (C=O) groups excluding carboxylic acids is 1. The van der Waals surface area contributed by atoms with Crippen molar-refractivity contribution in [3.05, 3.63) is 40.3 Å². The first-order valence-corrected chi connectivity index (χ1v) is 6.26. The van der Waals surface area contributed by atoms with Crippen LogP contribution in [0.4, 0.5) is 0 Å². The molecule has 17 heavy (non-hydrogen) atoms. The molecule has 1 heterocycles. The highest BCUT2D eigenvalue weighted by Gasteiger charge is 2.17. The Morgan fingerprint density at radius 2 is 2.12 bits per heavy atom. The number of aromatic hydroxyl groups is 1. The number of carbonyl (C=O) groups is 1. The van der Waals surface area contributed by atoms with E-state index in [9.17, 15) is 9.90 Å². The summed E-state index contributed by atoms with van der Waals surface area (Å²) < 4.78 is 0.953. The summed E-state index contributed by atoms with van der Waals surface area (Å²) in [6.07, 6.45) is 1.83. The van der Waals surface area contributed by atoms with Gasteiger partial charge < -0.3 is 5.11 Å². The van der Waals surface area contributed by atoms with Crippen molar-refractivity contribution in [2.45, 2.75) is 20.8 Å². The van der Waals surface area contributed by atoms with Crippen molar-refractivity contribution in [2.75, 3.05) is 0 Å². The first-order valence-electron chi connectivity index (χ1n) is 5.44. The molecule has 2 nitrogen and oxygen atoms in total. The maximum Gasteiger partial charge on any atom is 0.190 e. The molecule has 0 saturated heterocycles. The lowest BCUT2D eigenvalue weighted by Gasteiger charge is -2.01. The number of phenols is 1. The smallest absolute Gasteiger partial charge is 0.190 e. The van der Waals surface area contributed by atoms with Gasteiger partial charge in [-0.3, -0.25) is 4.79 Å². The quantitative estimate of drug-likeness (QED) is 0.640. The van der Waals surface area contributed by atoms with E-state index in [2.05, 4.69) is 0 Å². The average Bonchev–Trinajstić information content (AvgIpc) is 2.62. The molecular weight excluding hydrogens is 232 g/mol. The van der Waals surface area contributed by atoms with E-state index in [0.29, 0.717) is 0 Å². The summed E-state index contributed by atoms with van der Waals surface area (Å²) in [5.41, 5.74) is 1.52. The van der Waals surface area contributed by atoms with Crippen LogP contribution >= 0.6 is 11.3 Å². The summed E-state index contributed by atoms with van der Waals surface area (Å²) in [5.74, 6) is 0.308. The fraction of sp³-hybridized carbons (Fsp3) is 0.214. The van der Waals surface area contributed by atoms with Gasteiger partial charge >= 0.3 is 0 Å². The first kappa shape index (κ1) is 11.9. The second-order valence-electron chi connectivity index (χ2n) is 4.01. The minimum atomic E-state index is 0.0712. The monoisotopic (exact) mass is 246 g/mol. The van der Waals surface area contributed by atoms with Crippen molar-refractivity contribution in [1.82, 2.24) is 0 Å². The molecule has 2 aromatic rings. The topological polar surface area (TPSA) is 37.3 Å². The zero-order chi connectivity index (χ0) is 12.6. The Labute approximate surface area is 104 Å². The predicted octanol–water partition coefficient (Wildman–Crippen LogP) is 4.06. The number of rotatable bonds is 2. The fourth-order valence-electron chi connectivity index (χ4n) is 1.82. The van der Waals surface area contributed by atoms with Crippen LogP contribution in [0, 0.1) is 6.92 Å². The van der Waals surface area contributed by atoms with Crippen molar-refractivity contribution in [1.29, 1.82) is 0 Å². The Balaban J connectivity index is 2.69. The van der Waals surface area contributed by atoms with Gasteiger partial charge in [0.25, 0.3) is 0 Å². The van der Waals surface area contributed by atoms with E-state index in [1.165, 1.54) is 0 Å². The van der Waals surface area contributed by atoms with E-state index in [4.69, 9.17) is 0 Å². The number of benzene rings is 1. The molecular formula is C14H14O2S. The number of Topliss-reactive ketones (excluding diaryl/α,β-unsaturated/α-hetero) is 1. The Bertz CT molecular complexity index is 620. The lowest BCUT2D eigenvalue weighted by atomic mass is 10.0. The van der Waals surface area contributed by atoms with Crippen molar-refractivity contribution in [3.8, 4) is 5.75 Å². The molecule has 0 aliphatic heterocycles. The van der Waals surface area contributed by atoms with Gasteiger partial charge in [-0.05, 0) is 44.5 Å². The van der Waals surface area contributed by atoms with Crippen LogP contribution in [0.25, 0.3) is 10.1 Å². The largest absolute Gasteiger partial charge is 0.508 e. The van der Waals surface area contributed by atoms with Gasteiger partial charge in [-0.15, -0.1) is 11.3 Å². The molecule has 88 valence electrons. The van der Waals surface area contributed by atoms with E-state index >= 15 is 0 Å². The van der Waals surface area contributed by atoms with Crippen LogP contribution in [0.15, 0.2) is 29.8 Å². The van der Waals surface area contributed by atoms with Crippen LogP contribution < -0.4 is 0 Å². The Morgan fingerprint density at radius 3 is 2.76 bits per heavy atom. The molecule has 1 aromatic carbocycles. The maximum atomic E-state index is 12.2. The number of ketones is 1. The molecule has 1 N–H and O–H groups in total. The molecule has 0 spiro atoms. The molecule has 0 aliphatic carbocycles. The fourth-order valence-corrected chi connectivity index (χ4v) is 2.91. The molecule has 0 amide bonds. The van der Waals surface area contributed by atoms with Gasteiger partial charge in [0.05, 0.1) is 0 Å². The standard InChI is InChI=1S/C14H14O2S/c1-4-8(2)14(16)13-9(3)17-12-7-10(15)5-6-11(12)13/h4-7,15H,1-3H3. The zero-order valence-corrected chi connectivity index (χ0v) is 10.9. The van der Waals surface area contributed by atoms with Crippen LogP contribution in [0.2, 0.25) is 0 Å². The number of aryl methyl sites for hydroxylation is 1. The molecule has 0 saturated carbocycles. The summed E-state index contributed by atoms with van der Waals surface area (Å²) in [5, 5.41) is 10.4. The summed E-state index contributed by atoms with van der Waals surface area (Å²) >= 11 is 1.54. The summed E-state index contributed by atoms with van der Waals surface area (Å²) in [4.78, 5) is 13.2. The summed E-state index contributed by atoms with van der Waals surface area (Å²) in [6, 6.07) is 5.13.